The molecule has 1 saturated heterocycles. The predicted octanol–water partition coefficient (Wildman–Crippen LogP) is -2.90. The van der Waals surface area contributed by atoms with Gasteiger partial charge in [-0.25, -0.2) is 0 Å². The Morgan fingerprint density at radius 3 is 2.58 bits per heavy atom. The topological polar surface area (TPSA) is 130 Å². The van der Waals surface area contributed by atoms with E-state index in [0.29, 0.717) is 0 Å². The number of amides is 1. The summed E-state index contributed by atoms with van der Waals surface area (Å²) >= 11 is 0. The molecule has 1 heterocycles. The van der Waals surface area contributed by atoms with Gasteiger partial charge in [0.05, 0.1) is 12.8 Å². The molecule has 1 amide bonds. The molecule has 0 radical (unpaired) electrons. The molecule has 0 spiro atoms. The molecule has 0 aromatic heterocycles. The van der Waals surface area contributed by atoms with Gasteiger partial charge in [0.2, 0.25) is 12.1 Å². The monoisotopic (exact) mass is 271 g/mol. The van der Waals surface area contributed by atoms with Crippen molar-refractivity contribution >= 4 is 5.91 Å². The van der Waals surface area contributed by atoms with E-state index in [1.165, 1.54) is 23.5 Å². The second-order valence-corrected chi connectivity index (χ2v) is 4.07. The van der Waals surface area contributed by atoms with Crippen molar-refractivity contribution in [3.63, 3.8) is 0 Å². The summed E-state index contributed by atoms with van der Waals surface area (Å²) in [5.74, 6) is -0.590. The van der Waals surface area contributed by atoms with Gasteiger partial charge >= 0.3 is 0 Å². The Kier molecular flexibility index (Phi) is 5.87. The number of nitrogens with two attached hydrogens (primary N) is 2. The number of allylic oxidation sites excluding steroid dienone is 2. The van der Waals surface area contributed by atoms with Crippen LogP contribution in [0.15, 0.2) is 36.6 Å². The molecular weight excluding hydrogens is 252 g/mol. The number of carbonyl (C=O) groups excluding carboxylic acids is 1. The molecule has 1 aliphatic rings. The molecule has 0 aromatic carbocycles. The van der Waals surface area contributed by atoms with Crippen LogP contribution in [0, 0.1) is 0 Å². The normalized spacial score (nSPS) is 31.8. The largest absolute Gasteiger partial charge is 0.394 e. The van der Waals surface area contributed by atoms with Crippen molar-refractivity contribution in [1.82, 2.24) is 0 Å². The highest BCUT2D eigenvalue weighted by Crippen LogP contribution is 2.16. The van der Waals surface area contributed by atoms with Gasteiger partial charge in [0.15, 0.2) is 6.10 Å². The lowest BCUT2D eigenvalue weighted by Gasteiger charge is -2.09. The molecule has 106 valence electrons. The van der Waals surface area contributed by atoms with Crippen LogP contribution in [-0.4, -0.2) is 52.4 Å². The second-order valence-electron chi connectivity index (χ2n) is 4.07. The summed E-state index contributed by atoms with van der Waals surface area (Å²) in [5.41, 5.74) is 5.34. The van der Waals surface area contributed by atoms with Crippen molar-refractivity contribution in [2.45, 2.75) is 24.5 Å². The number of aliphatic hydroxyl groups excluding tert-OH is 3. The van der Waals surface area contributed by atoms with Gasteiger partial charge in [-0.3, -0.25) is 10.1 Å². The van der Waals surface area contributed by atoms with E-state index in [1.54, 1.807) is 6.20 Å². The Hall–Kier alpha value is -1.51. The van der Waals surface area contributed by atoms with Crippen molar-refractivity contribution in [2.24, 2.45) is 5.73 Å². The fourth-order valence-corrected chi connectivity index (χ4v) is 1.67. The van der Waals surface area contributed by atoms with Gasteiger partial charge in [0.1, 0.15) is 12.2 Å². The molecule has 7 heteroatoms. The zero-order valence-corrected chi connectivity index (χ0v) is 10.3. The van der Waals surface area contributed by atoms with E-state index in [9.17, 15) is 15.0 Å². The number of hydrogen-bond acceptors (Lipinski definition) is 5. The molecule has 0 saturated carbocycles. The maximum Gasteiger partial charge on any atom is 0.248 e. The summed E-state index contributed by atoms with van der Waals surface area (Å²) in [6, 6.07) is 0. The maximum absolute atomic E-state index is 10.9. The van der Waals surface area contributed by atoms with Gasteiger partial charge < -0.3 is 25.8 Å². The van der Waals surface area contributed by atoms with Gasteiger partial charge in [0, 0.05) is 5.57 Å². The van der Waals surface area contributed by atoms with Crippen LogP contribution >= 0.6 is 0 Å². The van der Waals surface area contributed by atoms with Crippen LogP contribution in [0.3, 0.4) is 0 Å². The van der Waals surface area contributed by atoms with Crippen LogP contribution in [0.1, 0.15) is 0 Å². The Bertz CT molecular complexity index is 394. The highest BCUT2D eigenvalue weighted by molar-refractivity contribution is 5.94. The van der Waals surface area contributed by atoms with E-state index in [2.05, 4.69) is 6.58 Å². The Morgan fingerprint density at radius 2 is 2.11 bits per heavy atom. The molecular formula is C12H19N2O5+. The van der Waals surface area contributed by atoms with E-state index in [1.807, 2.05) is 0 Å². The first-order chi connectivity index (χ1) is 9.01. The Balaban J connectivity index is 2.53. The first kappa shape index (κ1) is 15.5. The molecule has 0 aromatic rings. The summed E-state index contributed by atoms with van der Waals surface area (Å²) in [6.07, 6.45) is 2.16. The standard InChI is InChI=1S/C12H18N2O5/c1-2-7(11(13)18)4-3-5-14-12-10(17)9(16)8(6-15)19-12/h2-5,8-10,12,14-17H,1,6H2,(H2,13,18)/p+1/b5-3-,7-4+/t8?,9-,10-,12?/m0/s1. The lowest BCUT2D eigenvalue weighted by molar-refractivity contribution is -0.674. The van der Waals surface area contributed by atoms with E-state index in [4.69, 9.17) is 15.6 Å². The molecule has 19 heavy (non-hydrogen) atoms. The Morgan fingerprint density at radius 1 is 1.42 bits per heavy atom. The average molecular weight is 271 g/mol. The van der Waals surface area contributed by atoms with Gasteiger partial charge in [0.25, 0.3) is 0 Å². The third kappa shape index (κ3) is 3.98. The predicted molar refractivity (Wildman–Crippen MR) is 66.3 cm³/mol. The lowest BCUT2D eigenvalue weighted by Crippen LogP contribution is -2.87. The highest BCUT2D eigenvalue weighted by Gasteiger charge is 2.44. The summed E-state index contributed by atoms with van der Waals surface area (Å²) in [7, 11) is 0. The van der Waals surface area contributed by atoms with Crippen LogP contribution < -0.4 is 11.1 Å². The number of ether oxygens (including phenoxy) is 1. The van der Waals surface area contributed by atoms with Gasteiger partial charge in [-0.1, -0.05) is 12.7 Å². The molecule has 0 aliphatic carbocycles. The van der Waals surface area contributed by atoms with Crippen LogP contribution in [0.4, 0.5) is 0 Å². The zero-order chi connectivity index (χ0) is 14.4. The molecule has 7 nitrogen and oxygen atoms in total. The second kappa shape index (κ2) is 7.17. The first-order valence-corrected chi connectivity index (χ1v) is 5.77. The molecule has 1 aliphatic heterocycles. The summed E-state index contributed by atoms with van der Waals surface area (Å²) in [6.45, 7) is 3.08. The number of carbonyl (C=O) groups is 1. The summed E-state index contributed by atoms with van der Waals surface area (Å²) in [5, 5.41) is 29.6. The number of rotatable bonds is 6. The van der Waals surface area contributed by atoms with Crippen LogP contribution in [0.2, 0.25) is 0 Å². The first-order valence-electron chi connectivity index (χ1n) is 5.77. The SMILES string of the molecule is C=C/C(=C\C=C/[NH2+]C1OC(CO)[C@H](O)[C@@H]1O)C(N)=O. The number of hydrogen-bond donors (Lipinski definition) is 5. The fraction of sp³-hybridized carbons (Fsp3) is 0.417. The van der Waals surface area contributed by atoms with Crippen LogP contribution in [-0.2, 0) is 9.53 Å². The lowest BCUT2D eigenvalue weighted by atomic mass is 10.1. The maximum atomic E-state index is 10.9. The third-order valence-electron chi connectivity index (χ3n) is 2.77. The van der Waals surface area contributed by atoms with Crippen LogP contribution in [0.25, 0.3) is 0 Å². The van der Waals surface area contributed by atoms with Gasteiger partial charge in [-0.2, -0.15) is 0 Å². The zero-order valence-electron chi connectivity index (χ0n) is 10.3. The van der Waals surface area contributed by atoms with Crippen molar-refractivity contribution in [3.05, 3.63) is 36.6 Å². The van der Waals surface area contributed by atoms with Crippen molar-refractivity contribution in [1.29, 1.82) is 0 Å². The number of primary amides is 1. The van der Waals surface area contributed by atoms with E-state index < -0.39 is 30.4 Å². The molecule has 0 bridgehead atoms. The quantitative estimate of drug-likeness (QED) is 0.261. The fourth-order valence-electron chi connectivity index (χ4n) is 1.67. The smallest absolute Gasteiger partial charge is 0.248 e. The number of aliphatic hydroxyl groups is 3. The minimum Gasteiger partial charge on any atom is -0.394 e. The van der Waals surface area contributed by atoms with Crippen LogP contribution in [0.5, 0.6) is 0 Å². The number of quaternary nitrogens is 1. The molecule has 7 N–H and O–H groups in total. The van der Waals surface area contributed by atoms with Crippen molar-refractivity contribution in [2.75, 3.05) is 6.61 Å². The third-order valence-corrected chi connectivity index (χ3v) is 2.77. The minimum absolute atomic E-state index is 0.255. The molecule has 4 atom stereocenters. The summed E-state index contributed by atoms with van der Waals surface area (Å²) in [4.78, 5) is 10.9. The van der Waals surface area contributed by atoms with Crippen molar-refractivity contribution in [3.8, 4) is 0 Å². The van der Waals surface area contributed by atoms with Gasteiger partial charge in [-0.15, -0.1) is 0 Å². The van der Waals surface area contributed by atoms with E-state index in [-0.39, 0.29) is 12.2 Å². The molecule has 1 fully saturated rings. The Labute approximate surface area is 110 Å². The average Bonchev–Trinajstić information content (AvgIpc) is 2.66. The van der Waals surface area contributed by atoms with E-state index >= 15 is 0 Å². The molecule has 2 unspecified atom stereocenters. The van der Waals surface area contributed by atoms with Crippen molar-refractivity contribution < 1.29 is 30.2 Å². The highest BCUT2D eigenvalue weighted by atomic mass is 16.6. The minimum atomic E-state index is -1.12. The molecule has 1 rings (SSSR count). The van der Waals surface area contributed by atoms with E-state index in [0.717, 1.165) is 0 Å². The summed E-state index contributed by atoms with van der Waals surface area (Å²) < 4.78 is 5.23. The van der Waals surface area contributed by atoms with Gasteiger partial charge in [-0.05, 0) is 12.2 Å².